The Morgan fingerprint density at radius 3 is 3.00 bits per heavy atom. The van der Waals surface area contributed by atoms with Gasteiger partial charge in [-0.1, -0.05) is 24.3 Å². The van der Waals surface area contributed by atoms with E-state index in [9.17, 15) is 0 Å². The van der Waals surface area contributed by atoms with E-state index in [-0.39, 0.29) is 0 Å². The second kappa shape index (κ2) is 3.80. The lowest BCUT2D eigenvalue weighted by Crippen LogP contribution is -2.21. The maximum Gasteiger partial charge on any atom is 0.0489 e. The minimum atomic E-state index is 0.987. The average molecular weight is 212 g/mol. The molecule has 0 saturated carbocycles. The van der Waals surface area contributed by atoms with Crippen LogP contribution in [-0.4, -0.2) is 18.1 Å². The zero-order valence-corrected chi connectivity index (χ0v) is 9.51. The number of para-hydroxylation sites is 1. The molecule has 0 saturated heterocycles. The van der Waals surface area contributed by atoms with Crippen LogP contribution in [0.1, 0.15) is 17.5 Å². The Hall–Kier alpha value is -1.54. The first-order valence-corrected chi connectivity index (χ1v) is 5.83. The Bertz CT molecular complexity index is 549. The minimum absolute atomic E-state index is 0.987. The summed E-state index contributed by atoms with van der Waals surface area (Å²) in [6.07, 6.45) is 5.62. The van der Waals surface area contributed by atoms with Gasteiger partial charge in [-0.3, -0.25) is 0 Å². The molecule has 2 heterocycles. The van der Waals surface area contributed by atoms with Gasteiger partial charge in [0, 0.05) is 29.2 Å². The Morgan fingerprint density at radius 2 is 2.19 bits per heavy atom. The quantitative estimate of drug-likeness (QED) is 0.747. The molecule has 82 valence electrons. The Morgan fingerprint density at radius 1 is 1.25 bits per heavy atom. The second-order valence-corrected chi connectivity index (χ2v) is 4.39. The molecule has 0 fully saturated rings. The van der Waals surface area contributed by atoms with Crippen LogP contribution in [0.25, 0.3) is 16.5 Å². The first kappa shape index (κ1) is 9.67. The fourth-order valence-corrected chi connectivity index (χ4v) is 2.42. The fourth-order valence-electron chi connectivity index (χ4n) is 2.42. The maximum absolute atomic E-state index is 3.42. The number of aryl methyl sites for hydroxylation is 1. The van der Waals surface area contributed by atoms with E-state index in [1.54, 1.807) is 0 Å². The summed E-state index contributed by atoms with van der Waals surface area (Å²) in [6, 6.07) is 6.48. The van der Waals surface area contributed by atoms with E-state index in [1.807, 2.05) is 0 Å². The smallest absolute Gasteiger partial charge is 0.0489 e. The highest BCUT2D eigenvalue weighted by Gasteiger charge is 2.11. The summed E-state index contributed by atoms with van der Waals surface area (Å²) in [5.41, 5.74) is 5.35. The van der Waals surface area contributed by atoms with Crippen LogP contribution in [0.2, 0.25) is 0 Å². The molecule has 1 aliphatic heterocycles. The number of nitrogens with one attached hydrogen (secondary N) is 2. The summed E-state index contributed by atoms with van der Waals surface area (Å²) >= 11 is 0. The standard InChI is InChI=1S/C14H16N2/c1-10-4-2-6-12-13(9-16-14(10)12)11-5-3-7-15-8-11/h2,4-6,9,15-16H,3,7-8H2,1H3. The van der Waals surface area contributed by atoms with Crippen molar-refractivity contribution in [3.8, 4) is 0 Å². The molecule has 0 bridgehead atoms. The number of aromatic nitrogens is 1. The second-order valence-electron chi connectivity index (χ2n) is 4.39. The van der Waals surface area contributed by atoms with Crippen LogP contribution in [-0.2, 0) is 0 Å². The number of H-pyrrole nitrogens is 1. The van der Waals surface area contributed by atoms with Gasteiger partial charge >= 0.3 is 0 Å². The molecule has 2 N–H and O–H groups in total. The van der Waals surface area contributed by atoms with Crippen LogP contribution in [0, 0.1) is 6.92 Å². The van der Waals surface area contributed by atoms with E-state index in [1.165, 1.54) is 27.6 Å². The summed E-state index contributed by atoms with van der Waals surface area (Å²) in [5.74, 6) is 0. The van der Waals surface area contributed by atoms with Crippen molar-refractivity contribution in [2.24, 2.45) is 0 Å². The molecule has 1 aliphatic rings. The largest absolute Gasteiger partial charge is 0.360 e. The molecule has 0 spiro atoms. The highest BCUT2D eigenvalue weighted by atomic mass is 14.9. The SMILES string of the molecule is Cc1cccc2c(C3=CCCNC3)c[nH]c12. The molecule has 0 radical (unpaired) electrons. The van der Waals surface area contributed by atoms with Crippen molar-refractivity contribution < 1.29 is 0 Å². The van der Waals surface area contributed by atoms with Gasteiger partial charge in [0.05, 0.1) is 0 Å². The monoisotopic (exact) mass is 212 g/mol. The van der Waals surface area contributed by atoms with Crippen LogP contribution in [0.3, 0.4) is 0 Å². The molecule has 2 nitrogen and oxygen atoms in total. The molecular weight excluding hydrogens is 196 g/mol. The molecule has 0 amide bonds. The number of hydrogen-bond donors (Lipinski definition) is 2. The first-order chi connectivity index (χ1) is 7.86. The molecule has 1 aromatic heterocycles. The summed E-state index contributed by atoms with van der Waals surface area (Å²) in [6.45, 7) is 4.24. The van der Waals surface area contributed by atoms with Gasteiger partial charge in [-0.25, -0.2) is 0 Å². The Balaban J connectivity index is 2.17. The van der Waals surface area contributed by atoms with E-state index >= 15 is 0 Å². The maximum atomic E-state index is 3.42. The van der Waals surface area contributed by atoms with Crippen LogP contribution < -0.4 is 5.32 Å². The molecule has 3 rings (SSSR count). The predicted octanol–water partition coefficient (Wildman–Crippen LogP) is 2.85. The summed E-state index contributed by atoms with van der Waals surface area (Å²) in [5, 5.41) is 4.76. The van der Waals surface area contributed by atoms with E-state index in [2.05, 4.69) is 47.7 Å². The molecule has 16 heavy (non-hydrogen) atoms. The van der Waals surface area contributed by atoms with Crippen LogP contribution in [0.4, 0.5) is 0 Å². The molecule has 0 atom stereocenters. The predicted molar refractivity (Wildman–Crippen MR) is 68.5 cm³/mol. The van der Waals surface area contributed by atoms with E-state index in [4.69, 9.17) is 0 Å². The summed E-state index contributed by atoms with van der Waals surface area (Å²) in [7, 11) is 0. The summed E-state index contributed by atoms with van der Waals surface area (Å²) in [4.78, 5) is 3.39. The molecular formula is C14H16N2. The lowest BCUT2D eigenvalue weighted by Gasteiger charge is -2.13. The van der Waals surface area contributed by atoms with Crippen LogP contribution in [0.15, 0.2) is 30.5 Å². The average Bonchev–Trinajstić information content (AvgIpc) is 2.75. The van der Waals surface area contributed by atoms with Crippen LogP contribution in [0.5, 0.6) is 0 Å². The van der Waals surface area contributed by atoms with Gasteiger partial charge in [0.2, 0.25) is 0 Å². The number of hydrogen-bond acceptors (Lipinski definition) is 1. The van der Waals surface area contributed by atoms with Gasteiger partial charge < -0.3 is 10.3 Å². The zero-order chi connectivity index (χ0) is 11.0. The Labute approximate surface area is 95.4 Å². The third-order valence-electron chi connectivity index (χ3n) is 3.30. The first-order valence-electron chi connectivity index (χ1n) is 5.83. The van der Waals surface area contributed by atoms with Crippen molar-refractivity contribution in [3.63, 3.8) is 0 Å². The van der Waals surface area contributed by atoms with Gasteiger partial charge in [-0.2, -0.15) is 0 Å². The highest BCUT2D eigenvalue weighted by Crippen LogP contribution is 2.27. The molecule has 0 unspecified atom stereocenters. The molecule has 0 aliphatic carbocycles. The third-order valence-corrected chi connectivity index (χ3v) is 3.30. The lowest BCUT2D eigenvalue weighted by atomic mass is 10.0. The zero-order valence-electron chi connectivity index (χ0n) is 9.51. The third kappa shape index (κ3) is 1.46. The number of fused-ring (bicyclic) bond motifs is 1. The van der Waals surface area contributed by atoms with Crippen molar-refractivity contribution in [3.05, 3.63) is 41.6 Å². The molecule has 2 heteroatoms. The fraction of sp³-hybridized carbons (Fsp3) is 0.286. The molecule has 2 aromatic rings. The van der Waals surface area contributed by atoms with Crippen molar-refractivity contribution >= 4 is 16.5 Å². The number of rotatable bonds is 1. The van der Waals surface area contributed by atoms with E-state index < -0.39 is 0 Å². The Kier molecular flexibility index (Phi) is 2.29. The van der Waals surface area contributed by atoms with E-state index in [0.717, 1.165) is 19.5 Å². The van der Waals surface area contributed by atoms with Gasteiger partial charge in [-0.05, 0) is 31.0 Å². The van der Waals surface area contributed by atoms with Crippen molar-refractivity contribution in [2.45, 2.75) is 13.3 Å². The normalized spacial score (nSPS) is 16.4. The van der Waals surface area contributed by atoms with Gasteiger partial charge in [0.1, 0.15) is 0 Å². The number of aromatic amines is 1. The lowest BCUT2D eigenvalue weighted by molar-refractivity contribution is 0.739. The topological polar surface area (TPSA) is 27.8 Å². The minimum Gasteiger partial charge on any atom is -0.360 e. The van der Waals surface area contributed by atoms with Crippen molar-refractivity contribution in [2.75, 3.05) is 13.1 Å². The van der Waals surface area contributed by atoms with E-state index in [0.29, 0.717) is 0 Å². The van der Waals surface area contributed by atoms with Crippen molar-refractivity contribution in [1.29, 1.82) is 0 Å². The summed E-state index contributed by atoms with van der Waals surface area (Å²) < 4.78 is 0. The van der Waals surface area contributed by atoms with Gasteiger partial charge in [0.15, 0.2) is 0 Å². The van der Waals surface area contributed by atoms with Gasteiger partial charge in [-0.15, -0.1) is 0 Å². The molecule has 1 aromatic carbocycles. The van der Waals surface area contributed by atoms with Crippen LogP contribution >= 0.6 is 0 Å². The van der Waals surface area contributed by atoms with Crippen molar-refractivity contribution in [1.82, 2.24) is 10.3 Å². The van der Waals surface area contributed by atoms with Gasteiger partial charge in [0.25, 0.3) is 0 Å². The highest BCUT2D eigenvalue weighted by molar-refractivity contribution is 5.94. The number of benzene rings is 1.